The summed E-state index contributed by atoms with van der Waals surface area (Å²) >= 11 is 0. The first-order valence-corrected chi connectivity index (χ1v) is 52.5. The number of aliphatic hydroxyl groups excluding tert-OH is 1. The van der Waals surface area contributed by atoms with Gasteiger partial charge in [0.25, 0.3) is 0 Å². The van der Waals surface area contributed by atoms with Crippen LogP contribution in [0.2, 0.25) is 19.6 Å². The second-order valence-electron chi connectivity index (χ2n) is 42.3. The molecule has 759 valence electrons. The number of nitrogens with one attached hydrogen (secondary N) is 6. The van der Waals surface area contributed by atoms with E-state index in [-0.39, 0.29) is 191 Å². The molecule has 0 aliphatic carbocycles. The number of hydrogen-bond acceptors (Lipinski definition) is 30. The van der Waals surface area contributed by atoms with Crippen molar-refractivity contribution >= 4 is 107 Å². The number of piperidine rings is 5. The molecule has 14 aliphatic heterocycles. The molecule has 8 amide bonds. The van der Waals surface area contributed by atoms with Gasteiger partial charge in [0, 0.05) is 202 Å². The maximum Gasteiger partial charge on any atom is 1.00 e. The number of Topliss-reactive ketones (excluding diaryl/α,β-unsaturated/α-hetero) is 1. The zero-order chi connectivity index (χ0) is 99.3. The normalized spacial score (nSPS) is 27.0. The van der Waals surface area contributed by atoms with E-state index < -0.39 is 25.0 Å². The molecule has 1 aromatic carbocycles. The number of likely N-dealkylation sites (tertiary alicyclic amines) is 3. The van der Waals surface area contributed by atoms with Crippen molar-refractivity contribution in [1.82, 2.24) is 59.9 Å². The molecule has 9 N–H and O–H groups in total. The number of benzene rings is 1. The Morgan fingerprint density at radius 2 is 0.780 bits per heavy atom. The molecule has 0 saturated carbocycles. The van der Waals surface area contributed by atoms with Crippen molar-refractivity contribution in [3.63, 3.8) is 0 Å². The third-order valence-electron chi connectivity index (χ3n) is 26.8. The number of pyridine rings is 3. The topological polar surface area (TPSA) is 496 Å². The van der Waals surface area contributed by atoms with Gasteiger partial charge in [0.2, 0.25) is 6.08 Å². The molecular weight excluding hydrogens is 1850 g/mol. The van der Waals surface area contributed by atoms with E-state index >= 15 is 0 Å². The molecular formula is C99H142BClN22NaO16Si. The number of nitriles is 4. The van der Waals surface area contributed by atoms with Crippen LogP contribution in [0.3, 0.4) is 0 Å². The number of ether oxygens (including phenoxy) is 6. The average Bonchev–Trinajstić information content (AvgIpc) is 1.68. The van der Waals surface area contributed by atoms with Crippen LogP contribution in [0, 0.1) is 45.3 Å². The molecule has 14 fully saturated rings. The number of primary amides is 1. The Labute approximate surface area is 861 Å². The summed E-state index contributed by atoms with van der Waals surface area (Å²) in [5.41, 5.74) is 7.42. The third kappa shape index (κ3) is 34.2. The van der Waals surface area contributed by atoms with Crippen molar-refractivity contribution in [1.29, 1.82) is 21.0 Å². The Kier molecular flexibility index (Phi) is 41.9. The van der Waals surface area contributed by atoms with Crippen LogP contribution in [0.1, 0.15) is 240 Å². The minimum absolute atomic E-state index is 0. The van der Waals surface area contributed by atoms with Crippen LogP contribution in [0.4, 0.5) is 56.7 Å². The van der Waals surface area contributed by atoms with Crippen LogP contribution in [0.25, 0.3) is 0 Å². The number of halogens is 1. The number of anilines is 4. The summed E-state index contributed by atoms with van der Waals surface area (Å²) < 4.78 is 37.3. The fraction of sp³-hybridized carbons (Fsp3) is 0.657. The van der Waals surface area contributed by atoms with Gasteiger partial charge in [-0.3, -0.25) is 4.79 Å². The van der Waals surface area contributed by atoms with Crippen LogP contribution in [-0.4, -0.2) is 304 Å². The summed E-state index contributed by atoms with van der Waals surface area (Å²) in [6, 6.07) is 28.7. The third-order valence-corrected chi connectivity index (χ3v) is 27.6. The molecule has 3 radical (unpaired) electrons. The Morgan fingerprint density at radius 3 is 1.08 bits per heavy atom. The predicted molar refractivity (Wildman–Crippen MR) is 530 cm³/mol. The molecule has 0 spiro atoms. The summed E-state index contributed by atoms with van der Waals surface area (Å²) in [4.78, 5) is 132. The Bertz CT molecular complexity index is 5000. The molecule has 10 bridgehead atoms. The Morgan fingerprint density at radius 1 is 0.454 bits per heavy atom. The van der Waals surface area contributed by atoms with Crippen molar-refractivity contribution in [2.75, 3.05) is 73.6 Å². The number of aromatic nitrogens is 3. The van der Waals surface area contributed by atoms with Gasteiger partial charge < -0.3 is 107 Å². The van der Waals surface area contributed by atoms with Gasteiger partial charge in [0.15, 0.2) is 8.24 Å². The fourth-order valence-electron chi connectivity index (χ4n) is 20.7. The minimum atomic E-state index is -1.46. The zero-order valence-electron chi connectivity index (χ0n) is 84.9. The monoisotopic (exact) mass is 1990 g/mol. The van der Waals surface area contributed by atoms with Crippen molar-refractivity contribution in [2.24, 2.45) is 10.4 Å². The summed E-state index contributed by atoms with van der Waals surface area (Å²) in [5.74, 6) is 2.39. The van der Waals surface area contributed by atoms with E-state index in [1.165, 1.54) is 31.7 Å². The van der Waals surface area contributed by atoms with E-state index in [1.807, 2.05) is 128 Å². The van der Waals surface area contributed by atoms with Crippen LogP contribution in [0.15, 0.2) is 83.9 Å². The Balaban J connectivity index is 0.000000209. The maximum atomic E-state index is 12.8. The van der Waals surface area contributed by atoms with E-state index in [9.17, 15) is 48.3 Å². The number of hydrogen-bond donors (Lipinski definition) is 8. The summed E-state index contributed by atoms with van der Waals surface area (Å²) in [5, 5.41) is 65.0. The molecule has 3 aromatic heterocycles. The van der Waals surface area contributed by atoms with Gasteiger partial charge in [-0.2, -0.15) is 21.0 Å². The number of aliphatic hydroxyl groups is 1. The second-order valence-corrected chi connectivity index (χ2v) is 46.9. The summed E-state index contributed by atoms with van der Waals surface area (Å²) in [6.07, 6.45) is 24.7. The number of nitrogens with zero attached hydrogens (tertiary/aromatic N) is 15. The minimum Gasteiger partial charge on any atom is -1.00 e. The molecule has 141 heavy (non-hydrogen) atoms. The van der Waals surface area contributed by atoms with Crippen molar-refractivity contribution in [2.45, 2.75) is 362 Å². The number of rotatable bonds is 12. The fourth-order valence-corrected chi connectivity index (χ4v) is 21.0. The largest absolute Gasteiger partial charge is 1.00 e. The molecule has 42 heteroatoms. The smallest absolute Gasteiger partial charge is 1.00 e. The number of fused-ring (bicyclic) bond motifs is 10. The van der Waals surface area contributed by atoms with Crippen molar-refractivity contribution in [3.05, 3.63) is 102 Å². The molecule has 38 nitrogen and oxygen atoms in total. The molecule has 18 atom stereocenters. The van der Waals surface area contributed by atoms with Gasteiger partial charge in [-0.15, -0.1) is 12.4 Å². The summed E-state index contributed by atoms with van der Waals surface area (Å²) in [7, 11) is -1.46. The van der Waals surface area contributed by atoms with Gasteiger partial charge in [-0.1, -0.05) is 0 Å². The van der Waals surface area contributed by atoms with Crippen LogP contribution in [0.5, 0.6) is 0 Å². The predicted octanol–water partition coefficient (Wildman–Crippen LogP) is 10.7. The molecule has 14 saturated heterocycles. The molecule has 6 unspecified atom stereocenters. The number of isocyanates is 1. The van der Waals surface area contributed by atoms with Crippen LogP contribution < -0.4 is 67.2 Å². The van der Waals surface area contributed by atoms with Gasteiger partial charge in [0.1, 0.15) is 76.6 Å². The van der Waals surface area contributed by atoms with E-state index in [0.717, 1.165) is 108 Å². The molecule has 4 aromatic rings. The van der Waals surface area contributed by atoms with Gasteiger partial charge in [-0.25, -0.2) is 58.0 Å². The van der Waals surface area contributed by atoms with Gasteiger partial charge in [-0.05, 0) is 265 Å². The Hall–Kier alpha value is -10.8. The van der Waals surface area contributed by atoms with E-state index in [4.69, 9.17) is 55.2 Å². The number of ketones is 1. The quantitative estimate of drug-likeness (QED) is 0.0283. The maximum absolute atomic E-state index is 12.8. The molecule has 14 aliphatic rings. The van der Waals surface area contributed by atoms with Crippen molar-refractivity contribution in [3.8, 4) is 24.3 Å². The second kappa shape index (κ2) is 52.0. The zero-order valence-corrected chi connectivity index (χ0v) is 87.7. The number of carbonyl (C=O) groups is 8. The number of nitrogens with two attached hydrogens (primary N) is 1. The van der Waals surface area contributed by atoms with Crippen molar-refractivity contribution < 1.29 is 108 Å². The molecule has 18 rings (SSSR count). The first kappa shape index (κ1) is 114. The SMILES string of the molecule is CC(C)(C)OC(=O)N1C2CCC1CC(=O)C2.CC(C)(C)OC(=O)N1[C@@H]2CC[C@H]1CC(O)C2.CC(C)(C)OC(=O)N1[C@@H]2CC[C@H]1CC(OC(=O)N1CC[C@@H](Nc3ccc(C#N)cn3)C1)C2.C[Si](C)(C)N=C=O.Cl.N#Cc1ccc(N[C@@H]2CCN(C(=O)OC3C[C@H]4CC[C@@H](C3)N4)C2)nc1.N#Cc1ccc(N[C@@H]2CCN(C(=O)OC3C[C@H]4CC[C@@H](C3)N4C(N)=O)C2)nc1.N#Cc1ccc(N[C@@H]2CCNC2)cc1.[B].[H-].[Na+]. The number of carbonyl (C=O) groups excluding carboxylic acids is 9. The van der Waals surface area contributed by atoms with Gasteiger partial charge >= 0.3 is 72.1 Å². The number of urea groups is 1. The van der Waals surface area contributed by atoms with Crippen LogP contribution in [-0.2, 0) is 38.0 Å². The average molecular weight is 1990 g/mol. The van der Waals surface area contributed by atoms with Gasteiger partial charge in [0.05, 0.1) is 34.4 Å². The van der Waals surface area contributed by atoms with E-state index in [1.54, 1.807) is 73.2 Å². The first-order chi connectivity index (χ1) is 65.6. The summed E-state index contributed by atoms with van der Waals surface area (Å²) in [6.45, 7) is 28.6. The number of amides is 8. The first-order valence-electron chi connectivity index (χ1n) is 49.0. The van der Waals surface area contributed by atoms with Crippen LogP contribution >= 0.6 is 12.4 Å². The molecule has 17 heterocycles. The standard InChI is InChI=1S/C23H31N5O4.C19H24N6O3.C18H23N5O2.C12H21NO3.C12H19NO3.C11H13N3.C4H9NOSi.B.ClH.Na.H/c1-23(2,3)32-22(30)28-17-5-6-18(28)11-19(10-17)31-21(29)27-9-8-16(14-27)26-20-7-4-15(12-24)13-25-20;20-9-12-1-4-17(22-10-12)23-13-5-6-24(11-13)19(27)28-16-7-14-2-3-15(8-16)25(14)18(21)26;19-9-12-1-4-17(20-10-12)22-15-5-6-23(11-15)18(24)25-16-7-13-2-3-14(8-16)21-13;2*1-12(2,3)16-11(15)13-8-4-5-9(13)7-10(14)6-8;12-7-9-1-3-10(4-2-9)14-11-5-6-13-8-11;1-7(2,3)5-4-6;;;;/h4,7,13,16-19H,5-6,8-11,14H2,1-3H3,(H,25,26);1,4,10,13-16H,2-3,5-8,11H2,(H2,21,26)(H,22,23);1,4,10,13-16,21H,2-3,5-8,11H2,(H,20,22);8-10,14H,4-7H2,1-3H3;8-9H,4-7H2,1-3H3;1-4,11,13-14H,5-6,8H2;1-3H3;;1H;;/q;;;;;;;;;+1;-1/t16-,17-,18+,19?;13-,14-,15+,16?;13-,14+,15-,16?;8-,9+,10?;;11-;;;;;/m111..1...../s1. The van der Waals surface area contributed by atoms with E-state index in [0.29, 0.717) is 143 Å². The van der Waals surface area contributed by atoms with E-state index in [2.05, 4.69) is 63.6 Å².